The summed E-state index contributed by atoms with van der Waals surface area (Å²) in [6.45, 7) is 0. The van der Waals surface area contributed by atoms with Gasteiger partial charge >= 0.3 is 0 Å². The van der Waals surface area contributed by atoms with Crippen molar-refractivity contribution in [2.45, 2.75) is 0 Å². The fourth-order valence-corrected chi connectivity index (χ4v) is 1.85. The van der Waals surface area contributed by atoms with Gasteiger partial charge in [-0.25, -0.2) is 5.10 Å². The highest BCUT2D eigenvalue weighted by molar-refractivity contribution is 6.12. The molecule has 0 atom stereocenters. The lowest BCUT2D eigenvalue weighted by Crippen LogP contribution is -2.03. The van der Waals surface area contributed by atoms with E-state index >= 15 is 0 Å². The molecule has 3 aromatic rings. The third kappa shape index (κ3) is 2.13. The zero-order chi connectivity index (χ0) is 13.1. The van der Waals surface area contributed by atoms with Crippen molar-refractivity contribution in [3.05, 3.63) is 65.7 Å². The summed E-state index contributed by atoms with van der Waals surface area (Å²) in [5.74, 6) is 0.410. The first-order chi connectivity index (χ1) is 9.36. The number of carbonyl (C=O) groups is 1. The lowest BCUT2D eigenvalue weighted by atomic mass is 9.98. The van der Waals surface area contributed by atoms with E-state index in [1.807, 2.05) is 18.2 Å². The minimum atomic E-state index is -0.0685. The molecule has 1 aromatic heterocycles. The number of hydrogen-bond donors (Lipinski definition) is 1. The van der Waals surface area contributed by atoms with Crippen LogP contribution in [0.4, 0.5) is 0 Å². The maximum absolute atomic E-state index is 12.5. The van der Waals surface area contributed by atoms with Crippen LogP contribution in [0.2, 0.25) is 0 Å². The zero-order valence-electron chi connectivity index (χ0n) is 9.87. The Bertz CT molecular complexity index is 692. The third-order valence-electron chi connectivity index (χ3n) is 2.75. The van der Waals surface area contributed by atoms with Crippen molar-refractivity contribution in [3.63, 3.8) is 0 Å². The molecule has 1 heterocycles. The molecule has 1 radical (unpaired) electrons. The van der Waals surface area contributed by atoms with Crippen molar-refractivity contribution in [2.24, 2.45) is 0 Å². The van der Waals surface area contributed by atoms with E-state index in [9.17, 15) is 4.79 Å². The monoisotopic (exact) mass is 249 g/mol. The van der Waals surface area contributed by atoms with Gasteiger partial charge in [0.2, 0.25) is 0 Å². The largest absolute Gasteiger partial charge is 0.289 e. The van der Waals surface area contributed by atoms with Crippen LogP contribution in [0.15, 0.2) is 48.5 Å². The number of hydrogen-bond acceptors (Lipinski definition) is 4. The average Bonchev–Trinajstić information content (AvgIpc) is 3.01. The summed E-state index contributed by atoms with van der Waals surface area (Å²) in [4.78, 5) is 12.5. The molecule has 3 rings (SSSR count). The second-order valence-corrected chi connectivity index (χ2v) is 3.91. The Labute approximate surface area is 109 Å². The molecule has 0 unspecified atom stereocenters. The van der Waals surface area contributed by atoms with Crippen LogP contribution in [-0.2, 0) is 0 Å². The summed E-state index contributed by atoms with van der Waals surface area (Å²) >= 11 is 0. The van der Waals surface area contributed by atoms with Crippen LogP contribution in [-0.4, -0.2) is 26.4 Å². The number of ketones is 1. The van der Waals surface area contributed by atoms with E-state index in [0.29, 0.717) is 22.5 Å². The normalized spacial score (nSPS) is 10.3. The average molecular weight is 249 g/mol. The van der Waals surface area contributed by atoms with Crippen LogP contribution in [0.3, 0.4) is 0 Å². The van der Waals surface area contributed by atoms with E-state index in [1.54, 1.807) is 30.3 Å². The lowest BCUT2D eigenvalue weighted by Gasteiger charge is -2.05. The van der Waals surface area contributed by atoms with Gasteiger partial charge in [0.05, 0.1) is 0 Å². The van der Waals surface area contributed by atoms with Gasteiger partial charge < -0.3 is 0 Å². The van der Waals surface area contributed by atoms with Crippen LogP contribution in [0.25, 0.3) is 11.4 Å². The molecular weight excluding hydrogens is 240 g/mol. The van der Waals surface area contributed by atoms with E-state index in [2.05, 4.69) is 26.7 Å². The standard InChI is InChI=1S/C14H9N4O/c19-13(10-6-2-1-3-7-10)11-8-4-5-9-12(11)14-15-17-18-16-14/h2-9H,(H,15,16,17,18). The highest BCUT2D eigenvalue weighted by Crippen LogP contribution is 2.21. The van der Waals surface area contributed by atoms with Gasteiger partial charge in [0.15, 0.2) is 11.6 Å². The third-order valence-corrected chi connectivity index (χ3v) is 2.75. The second-order valence-electron chi connectivity index (χ2n) is 3.91. The van der Waals surface area contributed by atoms with Crippen LogP contribution in [0, 0.1) is 6.07 Å². The van der Waals surface area contributed by atoms with E-state index in [4.69, 9.17) is 0 Å². The topological polar surface area (TPSA) is 71.5 Å². The first kappa shape index (κ1) is 11.3. The summed E-state index contributed by atoms with van der Waals surface area (Å²) in [5.41, 5.74) is 1.86. The number of nitrogens with zero attached hydrogens (tertiary/aromatic N) is 3. The molecule has 0 fully saturated rings. The molecule has 0 saturated carbocycles. The molecule has 0 amide bonds. The van der Waals surface area contributed by atoms with Crippen LogP contribution in [0.5, 0.6) is 0 Å². The van der Waals surface area contributed by atoms with E-state index in [0.717, 1.165) is 0 Å². The molecule has 2 aromatic carbocycles. The van der Waals surface area contributed by atoms with Gasteiger partial charge in [-0.15, -0.1) is 5.10 Å². The van der Waals surface area contributed by atoms with Crippen molar-refractivity contribution in [1.29, 1.82) is 0 Å². The fraction of sp³-hybridized carbons (Fsp3) is 0. The van der Waals surface area contributed by atoms with Gasteiger partial charge in [-0.05, 0) is 16.5 Å². The molecule has 0 saturated heterocycles. The number of aromatic amines is 1. The molecule has 0 bridgehead atoms. The molecule has 19 heavy (non-hydrogen) atoms. The quantitative estimate of drug-likeness (QED) is 0.719. The van der Waals surface area contributed by atoms with Gasteiger partial charge in [0.1, 0.15) is 0 Å². The Balaban J connectivity index is 2.09. The maximum atomic E-state index is 12.5. The molecule has 0 spiro atoms. The fourth-order valence-electron chi connectivity index (χ4n) is 1.85. The van der Waals surface area contributed by atoms with E-state index < -0.39 is 0 Å². The molecule has 91 valence electrons. The van der Waals surface area contributed by atoms with E-state index in [-0.39, 0.29) is 5.78 Å². The second kappa shape index (κ2) is 4.81. The number of carbonyl (C=O) groups excluding carboxylic acids is 1. The minimum absolute atomic E-state index is 0.0685. The predicted octanol–water partition coefficient (Wildman–Crippen LogP) is 1.90. The molecule has 0 aliphatic rings. The summed E-state index contributed by atoms with van der Waals surface area (Å²) in [7, 11) is 0. The van der Waals surface area contributed by atoms with Crippen molar-refractivity contribution < 1.29 is 4.79 Å². The number of tetrazole rings is 1. The summed E-state index contributed by atoms with van der Waals surface area (Å²) in [5, 5.41) is 13.6. The van der Waals surface area contributed by atoms with Crippen molar-refractivity contribution in [3.8, 4) is 11.4 Å². The Hall–Kier alpha value is -2.82. The first-order valence-electron chi connectivity index (χ1n) is 5.70. The van der Waals surface area contributed by atoms with Crippen molar-refractivity contribution in [1.82, 2.24) is 20.6 Å². The summed E-state index contributed by atoms with van der Waals surface area (Å²) in [6, 6.07) is 17.0. The van der Waals surface area contributed by atoms with Gasteiger partial charge in [0, 0.05) is 16.7 Å². The highest BCUT2D eigenvalue weighted by Gasteiger charge is 2.15. The Morgan fingerprint density at radius 2 is 1.89 bits per heavy atom. The Morgan fingerprint density at radius 3 is 2.63 bits per heavy atom. The lowest BCUT2D eigenvalue weighted by molar-refractivity contribution is 0.103. The Morgan fingerprint density at radius 1 is 1.11 bits per heavy atom. The minimum Gasteiger partial charge on any atom is -0.289 e. The van der Waals surface area contributed by atoms with Crippen LogP contribution < -0.4 is 0 Å². The molecule has 1 N–H and O–H groups in total. The highest BCUT2D eigenvalue weighted by atomic mass is 16.1. The molecule has 5 nitrogen and oxygen atoms in total. The van der Waals surface area contributed by atoms with Gasteiger partial charge in [-0.1, -0.05) is 48.5 Å². The van der Waals surface area contributed by atoms with Gasteiger partial charge in [-0.3, -0.25) is 4.79 Å². The molecule has 0 aliphatic carbocycles. The smallest absolute Gasteiger partial charge is 0.193 e. The number of aromatic nitrogens is 4. The Kier molecular flexibility index (Phi) is 2.86. The predicted molar refractivity (Wildman–Crippen MR) is 68.3 cm³/mol. The maximum Gasteiger partial charge on any atom is 0.193 e. The van der Waals surface area contributed by atoms with Crippen LogP contribution in [0.1, 0.15) is 15.9 Å². The molecule has 5 heteroatoms. The zero-order valence-corrected chi connectivity index (χ0v) is 9.87. The van der Waals surface area contributed by atoms with Gasteiger partial charge in [0.25, 0.3) is 0 Å². The SMILES string of the molecule is O=C(c1cc[c]cc1)c1ccccc1-c1nnn[nH]1. The summed E-state index contributed by atoms with van der Waals surface area (Å²) in [6.07, 6.45) is 0. The van der Waals surface area contributed by atoms with Crippen molar-refractivity contribution in [2.75, 3.05) is 0 Å². The number of benzene rings is 2. The number of rotatable bonds is 3. The van der Waals surface area contributed by atoms with Gasteiger partial charge in [-0.2, -0.15) is 0 Å². The number of H-pyrrole nitrogens is 1. The summed E-state index contributed by atoms with van der Waals surface area (Å²) < 4.78 is 0. The van der Waals surface area contributed by atoms with Crippen LogP contribution >= 0.6 is 0 Å². The van der Waals surface area contributed by atoms with Crippen molar-refractivity contribution >= 4 is 5.78 Å². The van der Waals surface area contributed by atoms with E-state index in [1.165, 1.54) is 0 Å². The first-order valence-corrected chi connectivity index (χ1v) is 5.70. The molecular formula is C14H9N4O. The molecule has 0 aliphatic heterocycles. The number of nitrogens with one attached hydrogen (secondary N) is 1.